The molecule has 0 aromatic carbocycles. The van der Waals surface area contributed by atoms with E-state index in [1.807, 2.05) is 19.9 Å². The number of aromatic nitrogens is 2. The van der Waals surface area contributed by atoms with E-state index in [-0.39, 0.29) is 11.9 Å². The third kappa shape index (κ3) is 3.77. The molecule has 0 atom stereocenters. The van der Waals surface area contributed by atoms with E-state index >= 15 is 0 Å². The quantitative estimate of drug-likeness (QED) is 0.931. The fourth-order valence-corrected chi connectivity index (χ4v) is 3.19. The third-order valence-electron chi connectivity index (χ3n) is 4.49. The van der Waals surface area contributed by atoms with E-state index in [9.17, 15) is 10.1 Å². The fraction of sp³-hybridized carbons (Fsp3) is 0.368. The van der Waals surface area contributed by atoms with Gasteiger partial charge in [-0.25, -0.2) is 4.98 Å². The largest absolute Gasteiger partial charge is 0.355 e. The van der Waals surface area contributed by atoms with E-state index in [2.05, 4.69) is 26.3 Å². The number of anilines is 1. The molecule has 1 saturated heterocycles. The van der Waals surface area contributed by atoms with Gasteiger partial charge in [-0.1, -0.05) is 0 Å². The second-order valence-electron chi connectivity index (χ2n) is 6.37. The summed E-state index contributed by atoms with van der Waals surface area (Å²) in [5.74, 6) is 0.672. The van der Waals surface area contributed by atoms with Crippen molar-refractivity contribution in [1.29, 1.82) is 5.26 Å². The molecule has 0 aliphatic carbocycles. The van der Waals surface area contributed by atoms with Crippen molar-refractivity contribution in [2.45, 2.75) is 32.7 Å². The Balaban J connectivity index is 1.65. The Morgan fingerprint density at radius 2 is 2.12 bits per heavy atom. The van der Waals surface area contributed by atoms with Crippen LogP contribution in [0.15, 0.2) is 30.6 Å². The minimum atomic E-state index is -0.0891. The molecule has 6 nitrogen and oxygen atoms in total. The molecule has 1 aliphatic rings. The Morgan fingerprint density at radius 1 is 1.36 bits per heavy atom. The highest BCUT2D eigenvalue weighted by Gasteiger charge is 2.24. The number of pyridine rings is 2. The topological polar surface area (TPSA) is 81.9 Å². The Morgan fingerprint density at radius 3 is 2.76 bits per heavy atom. The van der Waals surface area contributed by atoms with Crippen molar-refractivity contribution in [3.8, 4) is 6.07 Å². The normalized spacial score (nSPS) is 14.8. The Hall–Kier alpha value is -2.94. The number of nitriles is 1. The molecule has 2 aromatic rings. The van der Waals surface area contributed by atoms with Gasteiger partial charge in [-0.05, 0) is 50.5 Å². The van der Waals surface area contributed by atoms with Crippen LogP contribution in [0.5, 0.6) is 0 Å². The van der Waals surface area contributed by atoms with Gasteiger partial charge in [-0.15, -0.1) is 0 Å². The molecule has 0 bridgehead atoms. The predicted molar refractivity (Wildman–Crippen MR) is 95.4 cm³/mol. The minimum Gasteiger partial charge on any atom is -0.355 e. The molecule has 1 N–H and O–H groups in total. The number of carbonyl (C=O) groups is 1. The zero-order chi connectivity index (χ0) is 17.8. The van der Waals surface area contributed by atoms with Crippen molar-refractivity contribution in [1.82, 2.24) is 15.3 Å². The van der Waals surface area contributed by atoms with Crippen LogP contribution in [0.3, 0.4) is 0 Å². The Kier molecular flexibility index (Phi) is 4.94. The maximum absolute atomic E-state index is 12.2. The van der Waals surface area contributed by atoms with Crippen molar-refractivity contribution < 1.29 is 4.79 Å². The molecule has 0 saturated carbocycles. The highest BCUT2D eigenvalue weighted by atomic mass is 16.1. The first-order chi connectivity index (χ1) is 12.1. The highest BCUT2D eigenvalue weighted by Crippen LogP contribution is 2.25. The van der Waals surface area contributed by atoms with E-state index in [4.69, 9.17) is 0 Å². The average molecular weight is 335 g/mol. The zero-order valence-corrected chi connectivity index (χ0v) is 14.5. The summed E-state index contributed by atoms with van der Waals surface area (Å²) in [7, 11) is 0. The van der Waals surface area contributed by atoms with E-state index in [0.29, 0.717) is 11.1 Å². The highest BCUT2D eigenvalue weighted by molar-refractivity contribution is 5.94. The van der Waals surface area contributed by atoms with Gasteiger partial charge in [0.2, 0.25) is 0 Å². The lowest BCUT2D eigenvalue weighted by molar-refractivity contribution is 0.0930. The van der Waals surface area contributed by atoms with Crippen LogP contribution in [-0.4, -0.2) is 35.0 Å². The molecule has 0 unspecified atom stereocenters. The molecule has 1 aliphatic heterocycles. The molecule has 3 heterocycles. The average Bonchev–Trinajstić information content (AvgIpc) is 2.62. The van der Waals surface area contributed by atoms with Gasteiger partial charge in [-0.3, -0.25) is 9.78 Å². The number of hydrogen-bond acceptors (Lipinski definition) is 5. The Bertz CT molecular complexity index is 805. The molecule has 128 valence electrons. The van der Waals surface area contributed by atoms with Crippen LogP contribution in [0.25, 0.3) is 0 Å². The van der Waals surface area contributed by atoms with Crippen LogP contribution in [0.2, 0.25) is 0 Å². The van der Waals surface area contributed by atoms with E-state index in [1.54, 1.807) is 24.5 Å². The molecular formula is C19H21N5O. The molecular weight excluding hydrogens is 314 g/mol. The number of rotatable bonds is 3. The van der Waals surface area contributed by atoms with Gasteiger partial charge in [0.15, 0.2) is 0 Å². The number of carbonyl (C=O) groups excluding carboxylic acids is 1. The summed E-state index contributed by atoms with van der Waals surface area (Å²) in [5, 5.41) is 12.5. The summed E-state index contributed by atoms with van der Waals surface area (Å²) >= 11 is 0. The summed E-state index contributed by atoms with van der Waals surface area (Å²) in [5.41, 5.74) is 3.09. The third-order valence-corrected chi connectivity index (χ3v) is 4.49. The lowest BCUT2D eigenvalue weighted by atomic mass is 10.0. The van der Waals surface area contributed by atoms with Gasteiger partial charge in [0.25, 0.3) is 5.91 Å². The monoisotopic (exact) mass is 335 g/mol. The van der Waals surface area contributed by atoms with Crippen LogP contribution in [0.4, 0.5) is 5.82 Å². The van der Waals surface area contributed by atoms with Crippen molar-refractivity contribution in [3.63, 3.8) is 0 Å². The molecule has 0 radical (unpaired) electrons. The molecule has 1 fully saturated rings. The first-order valence-electron chi connectivity index (χ1n) is 8.42. The van der Waals surface area contributed by atoms with Gasteiger partial charge in [0.05, 0.1) is 11.1 Å². The number of piperidine rings is 1. The van der Waals surface area contributed by atoms with Crippen LogP contribution in [0.1, 0.15) is 40.0 Å². The zero-order valence-electron chi connectivity index (χ0n) is 14.5. The standard InChI is InChI=1S/C19H21N5O/c1-13-10-14(2)22-18(17(13)11-20)24-8-5-16(6-9-24)23-19(25)15-4-3-7-21-12-15/h3-4,7,10,12,16H,5-6,8-9H2,1-2H3,(H,23,25). The summed E-state index contributed by atoms with van der Waals surface area (Å²) in [6.07, 6.45) is 4.87. The maximum atomic E-state index is 12.2. The summed E-state index contributed by atoms with van der Waals surface area (Å²) in [4.78, 5) is 22.9. The number of aryl methyl sites for hydroxylation is 2. The number of nitrogens with one attached hydrogen (secondary N) is 1. The van der Waals surface area contributed by atoms with Crippen LogP contribution in [0, 0.1) is 25.2 Å². The van der Waals surface area contributed by atoms with E-state index in [1.165, 1.54) is 0 Å². The van der Waals surface area contributed by atoms with Crippen LogP contribution in [-0.2, 0) is 0 Å². The second kappa shape index (κ2) is 7.31. The SMILES string of the molecule is Cc1cc(C)c(C#N)c(N2CCC(NC(=O)c3cccnc3)CC2)n1. The smallest absolute Gasteiger partial charge is 0.253 e. The molecule has 3 rings (SSSR count). The van der Waals surface area contributed by atoms with Crippen molar-refractivity contribution in [3.05, 3.63) is 53.0 Å². The van der Waals surface area contributed by atoms with Gasteiger partial charge >= 0.3 is 0 Å². The van der Waals surface area contributed by atoms with Crippen molar-refractivity contribution >= 4 is 11.7 Å². The lowest BCUT2D eigenvalue weighted by Crippen LogP contribution is -2.45. The summed E-state index contributed by atoms with van der Waals surface area (Å²) in [6.45, 7) is 5.42. The molecule has 1 amide bonds. The number of hydrogen-bond donors (Lipinski definition) is 1. The van der Waals surface area contributed by atoms with Crippen LogP contribution >= 0.6 is 0 Å². The van der Waals surface area contributed by atoms with Crippen LogP contribution < -0.4 is 10.2 Å². The number of amides is 1. The van der Waals surface area contributed by atoms with Gasteiger partial charge < -0.3 is 10.2 Å². The first-order valence-corrected chi connectivity index (χ1v) is 8.42. The van der Waals surface area contributed by atoms with Gasteiger partial charge in [-0.2, -0.15) is 5.26 Å². The Labute approximate surface area is 147 Å². The number of nitrogens with zero attached hydrogens (tertiary/aromatic N) is 4. The lowest BCUT2D eigenvalue weighted by Gasteiger charge is -2.34. The van der Waals surface area contributed by atoms with Crippen molar-refractivity contribution in [2.24, 2.45) is 0 Å². The van der Waals surface area contributed by atoms with E-state index in [0.717, 1.165) is 43.0 Å². The molecule has 0 spiro atoms. The molecule has 2 aromatic heterocycles. The van der Waals surface area contributed by atoms with Gasteiger partial charge in [0.1, 0.15) is 11.9 Å². The fourth-order valence-electron chi connectivity index (χ4n) is 3.19. The predicted octanol–water partition coefficient (Wildman–Crippen LogP) is 2.36. The summed E-state index contributed by atoms with van der Waals surface area (Å²) < 4.78 is 0. The minimum absolute atomic E-state index is 0.0891. The van der Waals surface area contributed by atoms with E-state index < -0.39 is 0 Å². The summed E-state index contributed by atoms with van der Waals surface area (Å²) in [6, 6.07) is 7.85. The second-order valence-corrected chi connectivity index (χ2v) is 6.37. The molecule has 6 heteroatoms. The molecule has 25 heavy (non-hydrogen) atoms. The maximum Gasteiger partial charge on any atom is 0.253 e. The first kappa shape index (κ1) is 16.9. The van der Waals surface area contributed by atoms with Gasteiger partial charge in [0, 0.05) is 37.2 Å². The van der Waals surface area contributed by atoms with Crippen molar-refractivity contribution in [2.75, 3.05) is 18.0 Å².